The van der Waals surface area contributed by atoms with Crippen molar-refractivity contribution in [2.45, 2.75) is 19.7 Å². The van der Waals surface area contributed by atoms with Crippen LogP contribution in [0.15, 0.2) is 34.0 Å². The Hall–Kier alpha value is -1.50. The van der Waals surface area contributed by atoms with Crippen LogP contribution in [-0.4, -0.2) is 34.4 Å². The minimum Gasteiger partial charge on any atom is -0.434 e. The van der Waals surface area contributed by atoms with E-state index in [-0.39, 0.29) is 36.3 Å². The van der Waals surface area contributed by atoms with Gasteiger partial charge in [0.25, 0.3) is 0 Å². The second-order valence-corrected chi connectivity index (χ2v) is 5.63. The number of aryl methyl sites for hydroxylation is 1. The highest BCUT2D eigenvalue weighted by atomic mass is 127. The lowest BCUT2D eigenvalue weighted by Crippen LogP contribution is -2.37. The lowest BCUT2D eigenvalue weighted by molar-refractivity contribution is -0.0504. The molecule has 0 bridgehead atoms. The maximum Gasteiger partial charge on any atom is 0.387 e. The van der Waals surface area contributed by atoms with Gasteiger partial charge in [-0.05, 0) is 18.2 Å². The van der Waals surface area contributed by atoms with E-state index >= 15 is 0 Å². The average molecular weight is 531 g/mol. The molecular formula is C14H18BrF2IN6O. The Morgan fingerprint density at radius 3 is 2.68 bits per heavy atom. The minimum absolute atomic E-state index is 0. The second kappa shape index (κ2) is 10.5. The normalized spacial score (nSPS) is 11.2. The van der Waals surface area contributed by atoms with E-state index < -0.39 is 6.61 Å². The van der Waals surface area contributed by atoms with E-state index in [9.17, 15) is 8.78 Å². The molecule has 1 heterocycles. The van der Waals surface area contributed by atoms with Crippen LogP contribution in [-0.2, 0) is 20.1 Å². The molecular weight excluding hydrogens is 513 g/mol. The molecule has 2 aromatic rings. The molecule has 0 saturated carbocycles. The number of halogens is 4. The molecule has 0 amide bonds. The van der Waals surface area contributed by atoms with Crippen LogP contribution in [0.2, 0.25) is 0 Å². The van der Waals surface area contributed by atoms with Crippen LogP contribution in [0.3, 0.4) is 0 Å². The molecule has 0 aliphatic carbocycles. The lowest BCUT2D eigenvalue weighted by atomic mass is 10.2. The molecule has 0 spiro atoms. The van der Waals surface area contributed by atoms with Crippen LogP contribution in [0.25, 0.3) is 0 Å². The average Bonchev–Trinajstić information content (AvgIpc) is 2.94. The summed E-state index contributed by atoms with van der Waals surface area (Å²) in [5, 5.41) is 10.1. The second-order valence-electron chi connectivity index (χ2n) is 4.71. The zero-order chi connectivity index (χ0) is 17.5. The van der Waals surface area contributed by atoms with Gasteiger partial charge in [0.05, 0.1) is 6.54 Å². The van der Waals surface area contributed by atoms with Crippen molar-refractivity contribution in [3.8, 4) is 5.75 Å². The maximum atomic E-state index is 12.5. The number of benzene rings is 1. The molecule has 0 saturated heterocycles. The number of rotatable bonds is 6. The third-order valence-corrected chi connectivity index (χ3v) is 3.62. The Morgan fingerprint density at radius 2 is 2.08 bits per heavy atom. The van der Waals surface area contributed by atoms with Crippen LogP contribution < -0.4 is 15.4 Å². The van der Waals surface area contributed by atoms with Gasteiger partial charge in [0, 0.05) is 30.7 Å². The summed E-state index contributed by atoms with van der Waals surface area (Å²) in [5.41, 5.74) is 0.575. The van der Waals surface area contributed by atoms with Gasteiger partial charge in [-0.15, -0.1) is 24.0 Å². The number of hydrogen-bond donors (Lipinski definition) is 2. The summed E-state index contributed by atoms with van der Waals surface area (Å²) in [7, 11) is 3.40. The number of aliphatic imine (C=N–C) groups is 1. The fourth-order valence-electron chi connectivity index (χ4n) is 1.94. The third kappa shape index (κ3) is 6.72. The summed E-state index contributed by atoms with van der Waals surface area (Å²) < 4.78 is 31.9. The Morgan fingerprint density at radius 1 is 1.36 bits per heavy atom. The van der Waals surface area contributed by atoms with Gasteiger partial charge in [0.15, 0.2) is 5.96 Å². The van der Waals surface area contributed by atoms with E-state index in [1.165, 1.54) is 12.4 Å². The van der Waals surface area contributed by atoms with Gasteiger partial charge in [-0.2, -0.15) is 13.9 Å². The van der Waals surface area contributed by atoms with Gasteiger partial charge in [-0.3, -0.25) is 9.67 Å². The molecule has 2 N–H and O–H groups in total. The quantitative estimate of drug-likeness (QED) is 0.341. The number of aromatic nitrogens is 3. The Kier molecular flexibility index (Phi) is 9.03. The van der Waals surface area contributed by atoms with Gasteiger partial charge in [0.2, 0.25) is 0 Å². The monoisotopic (exact) mass is 530 g/mol. The summed E-state index contributed by atoms with van der Waals surface area (Å²) in [5.74, 6) is 1.35. The van der Waals surface area contributed by atoms with Crippen LogP contribution in [0.4, 0.5) is 8.78 Å². The van der Waals surface area contributed by atoms with Gasteiger partial charge >= 0.3 is 6.61 Å². The number of guanidine groups is 1. The van der Waals surface area contributed by atoms with Crippen molar-refractivity contribution in [2.24, 2.45) is 12.0 Å². The first-order valence-electron chi connectivity index (χ1n) is 7.00. The molecule has 1 aromatic carbocycles. The number of nitrogens with zero attached hydrogens (tertiary/aromatic N) is 4. The highest BCUT2D eigenvalue weighted by molar-refractivity contribution is 14.0. The smallest absolute Gasteiger partial charge is 0.387 e. The molecule has 0 atom stereocenters. The zero-order valence-electron chi connectivity index (χ0n) is 13.5. The van der Waals surface area contributed by atoms with Crippen molar-refractivity contribution in [1.82, 2.24) is 25.4 Å². The molecule has 138 valence electrons. The Bertz CT molecular complexity index is 712. The highest BCUT2D eigenvalue weighted by Gasteiger charge is 2.11. The molecule has 25 heavy (non-hydrogen) atoms. The van der Waals surface area contributed by atoms with Gasteiger partial charge in [-0.1, -0.05) is 15.9 Å². The van der Waals surface area contributed by atoms with Gasteiger partial charge in [0.1, 0.15) is 17.9 Å². The van der Waals surface area contributed by atoms with E-state index in [1.807, 2.05) is 0 Å². The molecule has 11 heteroatoms. The lowest BCUT2D eigenvalue weighted by Gasteiger charge is -2.14. The van der Waals surface area contributed by atoms with Crippen molar-refractivity contribution in [2.75, 3.05) is 7.05 Å². The van der Waals surface area contributed by atoms with E-state index in [4.69, 9.17) is 0 Å². The van der Waals surface area contributed by atoms with Crippen molar-refractivity contribution in [3.63, 3.8) is 0 Å². The molecule has 0 fully saturated rings. The number of ether oxygens (including phenoxy) is 1. The first-order chi connectivity index (χ1) is 11.5. The van der Waals surface area contributed by atoms with E-state index in [2.05, 4.69) is 46.4 Å². The molecule has 2 rings (SSSR count). The van der Waals surface area contributed by atoms with Crippen LogP contribution >= 0.6 is 39.9 Å². The fourth-order valence-corrected chi connectivity index (χ4v) is 2.35. The summed E-state index contributed by atoms with van der Waals surface area (Å²) in [6.45, 7) is -2.19. The number of alkyl halides is 2. The molecule has 0 aliphatic rings. The summed E-state index contributed by atoms with van der Waals surface area (Å²) >= 11 is 3.32. The molecule has 0 unspecified atom stereocenters. The van der Waals surface area contributed by atoms with Crippen molar-refractivity contribution < 1.29 is 13.5 Å². The van der Waals surface area contributed by atoms with Gasteiger partial charge in [-0.25, -0.2) is 4.98 Å². The topological polar surface area (TPSA) is 76.4 Å². The maximum absolute atomic E-state index is 12.5. The largest absolute Gasteiger partial charge is 0.434 e. The van der Waals surface area contributed by atoms with E-state index in [0.717, 1.165) is 10.3 Å². The molecule has 0 radical (unpaired) electrons. The number of nitrogens with one attached hydrogen (secondary N) is 2. The van der Waals surface area contributed by atoms with Crippen molar-refractivity contribution >= 4 is 45.9 Å². The fraction of sp³-hybridized carbons (Fsp3) is 0.357. The van der Waals surface area contributed by atoms with Crippen LogP contribution in [0.5, 0.6) is 5.75 Å². The van der Waals surface area contributed by atoms with Crippen LogP contribution in [0, 0.1) is 0 Å². The van der Waals surface area contributed by atoms with Crippen LogP contribution in [0.1, 0.15) is 11.4 Å². The first kappa shape index (κ1) is 21.5. The minimum atomic E-state index is -2.88. The summed E-state index contributed by atoms with van der Waals surface area (Å²) in [6.07, 6.45) is 1.46. The summed E-state index contributed by atoms with van der Waals surface area (Å²) in [6, 6.07) is 4.84. The standard InChI is InChI=1S/C14H17BrF2N6O.HI/c1-18-14(20-7-12-21-8-22-23(12)2)19-6-9-5-10(15)3-4-11(9)24-13(16)17;/h3-5,8,13H,6-7H2,1-2H3,(H2,18,19,20);1H. The molecule has 1 aromatic heterocycles. The molecule has 0 aliphatic heterocycles. The first-order valence-corrected chi connectivity index (χ1v) is 7.79. The third-order valence-electron chi connectivity index (χ3n) is 3.13. The van der Waals surface area contributed by atoms with Crippen molar-refractivity contribution in [1.29, 1.82) is 0 Å². The van der Waals surface area contributed by atoms with Crippen molar-refractivity contribution in [3.05, 3.63) is 40.4 Å². The Balaban J connectivity index is 0.00000312. The van der Waals surface area contributed by atoms with E-state index in [1.54, 1.807) is 30.9 Å². The number of hydrogen-bond acceptors (Lipinski definition) is 4. The highest BCUT2D eigenvalue weighted by Crippen LogP contribution is 2.24. The predicted octanol–water partition coefficient (Wildman–Crippen LogP) is 2.66. The SMILES string of the molecule is CN=C(NCc1cc(Br)ccc1OC(F)F)NCc1ncnn1C.I. The molecule has 7 nitrogen and oxygen atoms in total. The summed E-state index contributed by atoms with van der Waals surface area (Å²) in [4.78, 5) is 8.18. The van der Waals surface area contributed by atoms with E-state index in [0.29, 0.717) is 18.1 Å². The Labute approximate surface area is 169 Å². The zero-order valence-corrected chi connectivity index (χ0v) is 17.5. The predicted molar refractivity (Wildman–Crippen MR) is 104 cm³/mol. The van der Waals surface area contributed by atoms with Gasteiger partial charge < -0.3 is 15.4 Å².